The fourth-order valence-corrected chi connectivity index (χ4v) is 3.56. The topological polar surface area (TPSA) is 75.4 Å². The average Bonchev–Trinajstić information content (AvgIpc) is 3.41. The van der Waals surface area contributed by atoms with E-state index in [9.17, 15) is 9.90 Å². The summed E-state index contributed by atoms with van der Waals surface area (Å²) < 4.78 is 5.96. The molecule has 2 aromatic rings. The molecule has 5 heteroatoms. The zero-order chi connectivity index (χ0) is 17.2. The molecule has 132 valence electrons. The summed E-state index contributed by atoms with van der Waals surface area (Å²) in [6.45, 7) is 0.246. The Balaban J connectivity index is 1.51. The lowest BCUT2D eigenvalue weighted by Gasteiger charge is -2.27. The number of benzene rings is 1. The second-order valence-corrected chi connectivity index (χ2v) is 7.25. The van der Waals surface area contributed by atoms with Crippen LogP contribution in [0.5, 0.6) is 0 Å². The second kappa shape index (κ2) is 7.00. The number of nitrogens with one attached hydrogen (secondary N) is 1. The van der Waals surface area contributed by atoms with Gasteiger partial charge in [0.2, 0.25) is 5.89 Å². The van der Waals surface area contributed by atoms with Gasteiger partial charge in [0.15, 0.2) is 5.69 Å². The average molecular weight is 340 g/mol. The largest absolute Gasteiger partial charge is 0.440 e. The molecule has 2 fully saturated rings. The quantitative estimate of drug-likeness (QED) is 0.873. The first kappa shape index (κ1) is 16.3. The number of nitrogens with zero attached hydrogens (tertiary/aromatic N) is 1. The van der Waals surface area contributed by atoms with Gasteiger partial charge in [-0.25, -0.2) is 4.98 Å². The van der Waals surface area contributed by atoms with Crippen LogP contribution in [0.1, 0.15) is 60.7 Å². The van der Waals surface area contributed by atoms with Crippen molar-refractivity contribution in [2.24, 2.45) is 5.92 Å². The third-order valence-corrected chi connectivity index (χ3v) is 5.28. The molecule has 1 aromatic carbocycles. The standard InChI is InChI=1S/C20H24N2O3/c23-12-13-6-10-16(11-7-13)21-19(24)17-18(14-8-9-14)25-20(22-17)15-4-2-1-3-5-15/h1-5,13-14,16,23H,6-12H2,(H,21,24). The van der Waals surface area contributed by atoms with Gasteiger partial charge in [-0.05, 0) is 56.6 Å². The summed E-state index contributed by atoms with van der Waals surface area (Å²) in [4.78, 5) is 17.3. The Morgan fingerprint density at radius 2 is 1.84 bits per heavy atom. The zero-order valence-corrected chi connectivity index (χ0v) is 14.3. The van der Waals surface area contributed by atoms with Crippen molar-refractivity contribution >= 4 is 5.91 Å². The van der Waals surface area contributed by atoms with E-state index in [4.69, 9.17) is 4.42 Å². The van der Waals surface area contributed by atoms with Crippen molar-refractivity contribution in [2.75, 3.05) is 6.61 Å². The molecule has 2 aliphatic rings. The third kappa shape index (κ3) is 3.61. The molecule has 1 amide bonds. The highest BCUT2D eigenvalue weighted by Crippen LogP contribution is 2.43. The predicted octanol–water partition coefficient (Wildman–Crippen LogP) is 3.50. The smallest absolute Gasteiger partial charge is 0.273 e. The Morgan fingerprint density at radius 3 is 2.48 bits per heavy atom. The fourth-order valence-electron chi connectivity index (χ4n) is 3.56. The van der Waals surface area contributed by atoms with Crippen LogP contribution < -0.4 is 5.32 Å². The monoisotopic (exact) mass is 340 g/mol. The van der Waals surface area contributed by atoms with Crippen LogP contribution in [0, 0.1) is 5.92 Å². The Labute approximate surface area is 147 Å². The molecule has 2 saturated carbocycles. The number of oxazole rings is 1. The summed E-state index contributed by atoms with van der Waals surface area (Å²) >= 11 is 0. The maximum Gasteiger partial charge on any atom is 0.273 e. The lowest BCUT2D eigenvalue weighted by molar-refractivity contribution is 0.0907. The van der Waals surface area contributed by atoms with Gasteiger partial charge in [-0.1, -0.05) is 18.2 Å². The Bertz CT molecular complexity index is 729. The summed E-state index contributed by atoms with van der Waals surface area (Å²) in [5.74, 6) is 1.85. The molecule has 1 heterocycles. The van der Waals surface area contributed by atoms with E-state index in [0.717, 1.165) is 49.8 Å². The summed E-state index contributed by atoms with van der Waals surface area (Å²) in [6.07, 6.45) is 5.88. The molecule has 25 heavy (non-hydrogen) atoms. The SMILES string of the molecule is O=C(NC1CCC(CO)CC1)c1nc(-c2ccccc2)oc1C1CC1. The molecule has 0 aliphatic heterocycles. The van der Waals surface area contributed by atoms with E-state index in [1.165, 1.54) is 0 Å². The summed E-state index contributed by atoms with van der Waals surface area (Å²) in [5.41, 5.74) is 1.34. The van der Waals surface area contributed by atoms with E-state index in [2.05, 4.69) is 10.3 Å². The van der Waals surface area contributed by atoms with Gasteiger partial charge in [-0.2, -0.15) is 0 Å². The molecule has 0 radical (unpaired) electrons. The van der Waals surface area contributed by atoms with Crippen molar-refractivity contribution in [3.63, 3.8) is 0 Å². The van der Waals surface area contributed by atoms with Gasteiger partial charge in [0.05, 0.1) is 0 Å². The molecule has 0 bridgehead atoms. The lowest BCUT2D eigenvalue weighted by Crippen LogP contribution is -2.38. The van der Waals surface area contributed by atoms with Crippen LogP contribution in [0.25, 0.3) is 11.5 Å². The van der Waals surface area contributed by atoms with Crippen molar-refractivity contribution < 1.29 is 14.3 Å². The zero-order valence-electron chi connectivity index (χ0n) is 14.3. The maximum atomic E-state index is 12.8. The third-order valence-electron chi connectivity index (χ3n) is 5.28. The number of hydrogen-bond donors (Lipinski definition) is 2. The number of aliphatic hydroxyl groups is 1. The normalized spacial score (nSPS) is 23.4. The molecular formula is C20H24N2O3. The molecule has 2 N–H and O–H groups in total. The van der Waals surface area contributed by atoms with Gasteiger partial charge >= 0.3 is 0 Å². The summed E-state index contributed by atoms with van der Waals surface area (Å²) in [6, 6.07) is 9.88. The minimum absolute atomic E-state index is 0.125. The van der Waals surface area contributed by atoms with Crippen LogP contribution in [0.3, 0.4) is 0 Å². The van der Waals surface area contributed by atoms with Crippen LogP contribution in [-0.4, -0.2) is 28.6 Å². The molecule has 0 spiro atoms. The second-order valence-electron chi connectivity index (χ2n) is 7.25. The molecule has 4 rings (SSSR count). The molecule has 0 atom stereocenters. The number of carbonyl (C=O) groups is 1. The number of hydrogen-bond acceptors (Lipinski definition) is 4. The van der Waals surface area contributed by atoms with Gasteiger partial charge in [-0.3, -0.25) is 4.79 Å². The van der Waals surface area contributed by atoms with Crippen LogP contribution >= 0.6 is 0 Å². The number of amides is 1. The number of rotatable bonds is 5. The van der Waals surface area contributed by atoms with E-state index in [0.29, 0.717) is 23.4 Å². The van der Waals surface area contributed by atoms with Crippen LogP contribution in [0.4, 0.5) is 0 Å². The van der Waals surface area contributed by atoms with E-state index >= 15 is 0 Å². The van der Waals surface area contributed by atoms with Crippen molar-refractivity contribution in [2.45, 2.75) is 50.5 Å². The van der Waals surface area contributed by atoms with E-state index < -0.39 is 0 Å². The molecule has 2 aliphatic carbocycles. The van der Waals surface area contributed by atoms with Gasteiger partial charge < -0.3 is 14.8 Å². The van der Waals surface area contributed by atoms with Crippen molar-refractivity contribution in [3.05, 3.63) is 41.8 Å². The van der Waals surface area contributed by atoms with Gasteiger partial charge in [0, 0.05) is 24.1 Å². The highest BCUT2D eigenvalue weighted by atomic mass is 16.4. The predicted molar refractivity (Wildman–Crippen MR) is 94.2 cm³/mol. The fraction of sp³-hybridized carbons (Fsp3) is 0.500. The maximum absolute atomic E-state index is 12.8. The van der Waals surface area contributed by atoms with Crippen LogP contribution in [0.2, 0.25) is 0 Å². The van der Waals surface area contributed by atoms with E-state index in [-0.39, 0.29) is 18.6 Å². The first-order chi connectivity index (χ1) is 12.2. The highest BCUT2D eigenvalue weighted by Gasteiger charge is 2.35. The first-order valence-corrected chi connectivity index (χ1v) is 9.22. The van der Waals surface area contributed by atoms with Gasteiger partial charge in [0.1, 0.15) is 5.76 Å². The minimum atomic E-state index is -0.125. The van der Waals surface area contributed by atoms with Gasteiger partial charge in [-0.15, -0.1) is 0 Å². The van der Waals surface area contributed by atoms with Crippen LogP contribution in [-0.2, 0) is 0 Å². The van der Waals surface area contributed by atoms with Crippen molar-refractivity contribution in [1.29, 1.82) is 0 Å². The highest BCUT2D eigenvalue weighted by molar-refractivity contribution is 5.94. The summed E-state index contributed by atoms with van der Waals surface area (Å²) in [7, 11) is 0. The Hall–Kier alpha value is -2.14. The van der Waals surface area contributed by atoms with E-state index in [1.807, 2.05) is 30.3 Å². The van der Waals surface area contributed by atoms with Crippen molar-refractivity contribution in [3.8, 4) is 11.5 Å². The van der Waals surface area contributed by atoms with Gasteiger partial charge in [0.25, 0.3) is 5.91 Å². The Morgan fingerprint density at radius 1 is 1.12 bits per heavy atom. The summed E-state index contributed by atoms with van der Waals surface area (Å²) in [5, 5.41) is 12.4. The number of carbonyl (C=O) groups excluding carboxylic acids is 1. The van der Waals surface area contributed by atoms with Crippen LogP contribution in [0.15, 0.2) is 34.7 Å². The lowest BCUT2D eigenvalue weighted by atomic mass is 9.86. The minimum Gasteiger partial charge on any atom is -0.440 e. The van der Waals surface area contributed by atoms with E-state index in [1.54, 1.807) is 0 Å². The number of aliphatic hydroxyl groups excluding tert-OH is 1. The molecule has 1 aromatic heterocycles. The molecule has 0 saturated heterocycles. The molecular weight excluding hydrogens is 316 g/mol. The number of aromatic nitrogens is 1. The van der Waals surface area contributed by atoms with Crippen molar-refractivity contribution in [1.82, 2.24) is 10.3 Å². The Kier molecular flexibility index (Phi) is 4.57. The molecule has 0 unspecified atom stereocenters. The molecule has 5 nitrogen and oxygen atoms in total. The first-order valence-electron chi connectivity index (χ1n) is 9.22.